The Kier molecular flexibility index (Phi) is 8.46. The molecule has 0 fully saturated rings. The normalized spacial score (nSPS) is 13.5. The molecule has 0 aliphatic heterocycles. The molecule has 0 aliphatic rings. The van der Waals surface area contributed by atoms with Gasteiger partial charge in [-0.25, -0.2) is 0 Å². The molecule has 4 N–H and O–H groups in total. The molecule has 4 heteroatoms. The minimum atomic E-state index is -0.0798. The number of rotatable bonds is 4. The van der Waals surface area contributed by atoms with Crippen LogP contribution in [0.5, 0.6) is 0 Å². The summed E-state index contributed by atoms with van der Waals surface area (Å²) in [4.78, 5) is 9.76. The monoisotopic (exact) mass is 538 g/mol. The van der Waals surface area contributed by atoms with E-state index in [-0.39, 0.29) is 21.7 Å². The van der Waals surface area contributed by atoms with Gasteiger partial charge < -0.3 is 11.5 Å². The smallest absolute Gasteiger partial charge is 0.0886 e. The lowest BCUT2D eigenvalue weighted by Gasteiger charge is -2.27. The van der Waals surface area contributed by atoms with Crippen molar-refractivity contribution in [3.8, 4) is 0 Å². The quantitative estimate of drug-likeness (QED) is 0.256. The highest BCUT2D eigenvalue weighted by atomic mass is 14.8. The van der Waals surface area contributed by atoms with Crippen LogP contribution in [0.2, 0.25) is 0 Å². The summed E-state index contributed by atoms with van der Waals surface area (Å²) in [7, 11) is 0. The summed E-state index contributed by atoms with van der Waals surface area (Å²) in [6.07, 6.45) is 3.75. The van der Waals surface area contributed by atoms with E-state index in [4.69, 9.17) is 21.5 Å². The van der Waals surface area contributed by atoms with Crippen molar-refractivity contribution in [3.63, 3.8) is 0 Å². The molecule has 40 heavy (non-hydrogen) atoms. The summed E-state index contributed by atoms with van der Waals surface area (Å²) < 4.78 is 0. The molecule has 3 aromatic carbocycles. The number of anilines is 2. The van der Waals surface area contributed by atoms with E-state index in [1.807, 2.05) is 36.7 Å². The first-order valence-corrected chi connectivity index (χ1v) is 14.3. The zero-order valence-corrected chi connectivity index (χ0v) is 26.8. The van der Waals surface area contributed by atoms with Gasteiger partial charge in [0.25, 0.3) is 0 Å². The van der Waals surface area contributed by atoms with Crippen molar-refractivity contribution < 1.29 is 0 Å². The average Bonchev–Trinajstić information content (AvgIpc) is 2.80. The predicted molar refractivity (Wildman–Crippen MR) is 177 cm³/mol. The Labute approximate surface area is 243 Å². The SMILES string of the molecule is CC(C)(C)c1cc(C=Nc2ccccc2N=Cc2cc(C(C)(C)C)cc(C(C)(C)C)c2N)c(N)c(C(C)(C)C)c1. The minimum absolute atomic E-state index is 0.00801. The molecule has 0 saturated heterocycles. The zero-order chi connectivity index (χ0) is 30.3. The molecule has 3 aromatic rings. The number of nitrogens with zero attached hydrogens (tertiary/aromatic N) is 2. The van der Waals surface area contributed by atoms with E-state index in [9.17, 15) is 0 Å². The topological polar surface area (TPSA) is 76.8 Å². The fourth-order valence-corrected chi connectivity index (χ4v) is 4.63. The Morgan fingerprint density at radius 1 is 0.500 bits per heavy atom. The third kappa shape index (κ3) is 7.21. The maximum Gasteiger partial charge on any atom is 0.0886 e. The molecule has 0 spiro atoms. The fraction of sp³-hybridized carbons (Fsp3) is 0.444. The van der Waals surface area contributed by atoms with Crippen molar-refractivity contribution in [2.24, 2.45) is 9.98 Å². The van der Waals surface area contributed by atoms with Crippen LogP contribution in [0.15, 0.2) is 58.5 Å². The van der Waals surface area contributed by atoms with Gasteiger partial charge in [0.15, 0.2) is 0 Å². The van der Waals surface area contributed by atoms with E-state index < -0.39 is 0 Å². The van der Waals surface area contributed by atoms with Crippen molar-refractivity contribution in [1.82, 2.24) is 0 Å². The Bertz CT molecular complexity index is 1320. The molecule has 0 bridgehead atoms. The summed E-state index contributed by atoms with van der Waals surface area (Å²) in [5.74, 6) is 0. The first-order valence-electron chi connectivity index (χ1n) is 14.3. The zero-order valence-electron chi connectivity index (χ0n) is 26.8. The van der Waals surface area contributed by atoms with Crippen LogP contribution in [-0.2, 0) is 21.7 Å². The second-order valence-corrected chi connectivity index (χ2v) is 15.1. The van der Waals surface area contributed by atoms with E-state index in [1.54, 1.807) is 0 Å². The lowest BCUT2D eigenvalue weighted by molar-refractivity contribution is 0.569. The lowest BCUT2D eigenvalue weighted by Crippen LogP contribution is -2.19. The highest BCUT2D eigenvalue weighted by Crippen LogP contribution is 2.37. The average molecular weight is 539 g/mol. The number of para-hydroxylation sites is 2. The summed E-state index contributed by atoms with van der Waals surface area (Å²) in [5.41, 5.74) is 22.9. The molecule has 0 aliphatic carbocycles. The summed E-state index contributed by atoms with van der Waals surface area (Å²) in [6, 6.07) is 16.7. The van der Waals surface area contributed by atoms with Gasteiger partial charge in [-0.05, 0) is 68.2 Å². The third-order valence-corrected chi connectivity index (χ3v) is 7.34. The van der Waals surface area contributed by atoms with Crippen molar-refractivity contribution in [2.75, 3.05) is 11.5 Å². The Hall–Kier alpha value is -3.40. The predicted octanol–water partition coefficient (Wildman–Crippen LogP) is 9.54. The molecule has 0 saturated carbocycles. The van der Waals surface area contributed by atoms with E-state index in [0.717, 1.165) is 45.0 Å². The first-order chi connectivity index (χ1) is 18.2. The second-order valence-electron chi connectivity index (χ2n) is 15.1. The molecule has 0 atom stereocenters. The van der Waals surface area contributed by atoms with Crippen LogP contribution in [0.3, 0.4) is 0 Å². The van der Waals surface area contributed by atoms with Gasteiger partial charge in [-0.3, -0.25) is 9.98 Å². The van der Waals surface area contributed by atoms with Crippen LogP contribution in [0.25, 0.3) is 0 Å². The molecule has 0 heterocycles. The Morgan fingerprint density at radius 2 is 0.825 bits per heavy atom. The van der Waals surface area contributed by atoms with Crippen molar-refractivity contribution in [2.45, 2.75) is 105 Å². The number of nitrogen functional groups attached to an aromatic ring is 2. The van der Waals surface area contributed by atoms with Crippen LogP contribution in [0.1, 0.15) is 116 Å². The first kappa shape index (κ1) is 31.1. The Balaban J connectivity index is 2.10. The van der Waals surface area contributed by atoms with Crippen molar-refractivity contribution in [3.05, 3.63) is 81.9 Å². The molecule has 0 unspecified atom stereocenters. The maximum atomic E-state index is 6.70. The van der Waals surface area contributed by atoms with Gasteiger partial charge >= 0.3 is 0 Å². The van der Waals surface area contributed by atoms with Gasteiger partial charge in [-0.15, -0.1) is 0 Å². The number of nitrogens with two attached hydrogens (primary N) is 2. The molecule has 214 valence electrons. The minimum Gasteiger partial charge on any atom is -0.398 e. The lowest BCUT2D eigenvalue weighted by atomic mass is 9.78. The summed E-state index contributed by atoms with van der Waals surface area (Å²) in [5, 5.41) is 0. The molecule has 3 rings (SSSR count). The summed E-state index contributed by atoms with van der Waals surface area (Å²) in [6.45, 7) is 26.5. The van der Waals surface area contributed by atoms with Gasteiger partial charge in [0.05, 0.1) is 11.4 Å². The van der Waals surface area contributed by atoms with Gasteiger partial charge in [-0.2, -0.15) is 0 Å². The second kappa shape index (κ2) is 10.9. The Morgan fingerprint density at radius 3 is 1.10 bits per heavy atom. The number of benzene rings is 3. The van der Waals surface area contributed by atoms with Crippen LogP contribution in [0, 0.1) is 0 Å². The van der Waals surface area contributed by atoms with Gasteiger partial charge in [0.2, 0.25) is 0 Å². The molecule has 0 radical (unpaired) electrons. The van der Waals surface area contributed by atoms with Gasteiger partial charge in [0, 0.05) is 34.9 Å². The van der Waals surface area contributed by atoms with E-state index in [2.05, 4.69) is 107 Å². The standard InChI is InChI=1S/C36H50N4/c1-33(2,3)25-17-23(31(37)27(19-25)35(7,8)9)21-39-29-15-13-14-16-30(29)40-22-24-18-26(34(4,5)6)20-28(32(24)38)36(10,11)12/h13-22H,37-38H2,1-12H3. The van der Waals surface area contributed by atoms with E-state index in [1.165, 1.54) is 11.1 Å². The fourth-order valence-electron chi connectivity index (χ4n) is 4.63. The summed E-state index contributed by atoms with van der Waals surface area (Å²) >= 11 is 0. The van der Waals surface area contributed by atoms with Crippen LogP contribution in [-0.4, -0.2) is 12.4 Å². The molecular formula is C36H50N4. The highest BCUT2D eigenvalue weighted by molar-refractivity contribution is 5.93. The van der Waals surface area contributed by atoms with Crippen LogP contribution >= 0.6 is 0 Å². The molecule has 0 amide bonds. The van der Waals surface area contributed by atoms with Gasteiger partial charge in [-0.1, -0.05) is 107 Å². The molecule has 4 nitrogen and oxygen atoms in total. The maximum absolute atomic E-state index is 6.70. The van der Waals surface area contributed by atoms with Gasteiger partial charge in [0.1, 0.15) is 0 Å². The third-order valence-electron chi connectivity index (χ3n) is 7.34. The molecule has 0 aromatic heterocycles. The molecular weight excluding hydrogens is 488 g/mol. The van der Waals surface area contributed by atoms with E-state index in [0.29, 0.717) is 0 Å². The number of hydrogen-bond donors (Lipinski definition) is 2. The van der Waals surface area contributed by atoms with Crippen molar-refractivity contribution in [1.29, 1.82) is 0 Å². The van der Waals surface area contributed by atoms with Crippen LogP contribution < -0.4 is 11.5 Å². The van der Waals surface area contributed by atoms with E-state index >= 15 is 0 Å². The van der Waals surface area contributed by atoms with Crippen molar-refractivity contribution >= 4 is 35.2 Å². The highest BCUT2D eigenvalue weighted by Gasteiger charge is 2.25. The largest absolute Gasteiger partial charge is 0.398 e. The van der Waals surface area contributed by atoms with Crippen LogP contribution in [0.4, 0.5) is 22.7 Å². The number of aliphatic imine (C=N–C) groups is 2. The number of hydrogen-bond acceptors (Lipinski definition) is 4.